The van der Waals surface area contributed by atoms with E-state index in [1.165, 1.54) is 0 Å². The van der Waals surface area contributed by atoms with Gasteiger partial charge in [-0.15, -0.1) is 0 Å². The fourth-order valence-corrected chi connectivity index (χ4v) is 1.36. The van der Waals surface area contributed by atoms with Crippen LogP contribution in [0.1, 0.15) is 33.1 Å². The second-order valence-electron chi connectivity index (χ2n) is 2.96. The van der Waals surface area contributed by atoms with Crippen molar-refractivity contribution in [3.05, 3.63) is 0 Å². The largest absolute Gasteiger partial charge is 0.387 e. The van der Waals surface area contributed by atoms with Crippen molar-refractivity contribution in [1.82, 2.24) is 0 Å². The zero-order chi connectivity index (χ0) is 7.61. The Hall–Kier alpha value is -0.0800. The van der Waals surface area contributed by atoms with Crippen LogP contribution in [0.25, 0.3) is 0 Å². The van der Waals surface area contributed by atoms with Crippen molar-refractivity contribution in [3.63, 3.8) is 0 Å². The Morgan fingerprint density at radius 1 is 1.50 bits per heavy atom. The van der Waals surface area contributed by atoms with Crippen molar-refractivity contribution in [2.45, 2.75) is 44.8 Å². The normalized spacial score (nSPS) is 26.1. The van der Waals surface area contributed by atoms with E-state index in [2.05, 4.69) is 0 Å². The lowest BCUT2D eigenvalue weighted by Crippen LogP contribution is -2.49. The highest BCUT2D eigenvalue weighted by Gasteiger charge is 2.38. The summed E-state index contributed by atoms with van der Waals surface area (Å²) in [7, 11) is 0. The van der Waals surface area contributed by atoms with Gasteiger partial charge < -0.3 is 9.84 Å². The highest BCUT2D eigenvalue weighted by molar-refractivity contribution is 4.88. The Labute approximate surface area is 62.2 Å². The molecule has 0 saturated carbocycles. The van der Waals surface area contributed by atoms with Crippen molar-refractivity contribution in [3.8, 4) is 0 Å². The maximum Gasteiger partial charge on any atom is 0.0903 e. The molecule has 1 atom stereocenters. The van der Waals surface area contributed by atoms with E-state index in [0.29, 0.717) is 0 Å². The van der Waals surface area contributed by atoms with Crippen LogP contribution in [-0.2, 0) is 4.74 Å². The molecule has 0 aromatic carbocycles. The van der Waals surface area contributed by atoms with E-state index in [4.69, 9.17) is 4.74 Å². The maximum absolute atomic E-state index is 9.82. The third-order valence-electron chi connectivity index (χ3n) is 2.52. The molecule has 1 aliphatic rings. The zero-order valence-corrected chi connectivity index (χ0v) is 6.76. The van der Waals surface area contributed by atoms with Gasteiger partial charge in [0.1, 0.15) is 0 Å². The van der Waals surface area contributed by atoms with Crippen molar-refractivity contribution in [2.24, 2.45) is 0 Å². The van der Waals surface area contributed by atoms with E-state index in [0.717, 1.165) is 25.9 Å². The van der Waals surface area contributed by atoms with Gasteiger partial charge in [-0.1, -0.05) is 13.8 Å². The van der Waals surface area contributed by atoms with Crippen molar-refractivity contribution < 1.29 is 9.84 Å². The fourth-order valence-electron chi connectivity index (χ4n) is 1.36. The quantitative estimate of drug-likeness (QED) is 0.647. The van der Waals surface area contributed by atoms with Gasteiger partial charge in [0, 0.05) is 6.61 Å². The van der Waals surface area contributed by atoms with Crippen LogP contribution >= 0.6 is 0 Å². The van der Waals surface area contributed by atoms with E-state index in [9.17, 15) is 5.11 Å². The third kappa shape index (κ3) is 1.18. The predicted molar refractivity (Wildman–Crippen MR) is 39.9 cm³/mol. The second kappa shape index (κ2) is 2.89. The minimum atomic E-state index is -0.543. The first kappa shape index (κ1) is 8.02. The molecule has 1 heterocycles. The van der Waals surface area contributed by atoms with E-state index in [-0.39, 0.29) is 6.10 Å². The average molecular weight is 144 g/mol. The standard InChI is InChI=1S/C8H16O2/c1-3-8(9,4-2)7-5-6-10-7/h7,9H,3-6H2,1-2H3. The Morgan fingerprint density at radius 2 is 2.00 bits per heavy atom. The highest BCUT2D eigenvalue weighted by Crippen LogP contribution is 2.29. The number of hydrogen-bond donors (Lipinski definition) is 1. The molecule has 10 heavy (non-hydrogen) atoms. The molecule has 1 fully saturated rings. The van der Waals surface area contributed by atoms with Crippen LogP contribution in [0.5, 0.6) is 0 Å². The molecule has 1 saturated heterocycles. The molecule has 0 aromatic heterocycles. The number of ether oxygens (including phenoxy) is 1. The van der Waals surface area contributed by atoms with Crippen molar-refractivity contribution in [2.75, 3.05) is 6.61 Å². The summed E-state index contributed by atoms with van der Waals surface area (Å²) in [6.07, 6.45) is 2.74. The molecule has 0 bridgehead atoms. The third-order valence-corrected chi connectivity index (χ3v) is 2.52. The molecule has 1 unspecified atom stereocenters. The second-order valence-corrected chi connectivity index (χ2v) is 2.96. The first-order valence-electron chi connectivity index (χ1n) is 4.07. The van der Waals surface area contributed by atoms with Crippen LogP contribution in [0.3, 0.4) is 0 Å². The molecule has 1 rings (SSSR count). The van der Waals surface area contributed by atoms with Gasteiger partial charge in [0.15, 0.2) is 0 Å². The van der Waals surface area contributed by atoms with Crippen LogP contribution in [-0.4, -0.2) is 23.4 Å². The van der Waals surface area contributed by atoms with Gasteiger partial charge in [-0.3, -0.25) is 0 Å². The molecular formula is C8H16O2. The highest BCUT2D eigenvalue weighted by atomic mass is 16.5. The minimum Gasteiger partial charge on any atom is -0.387 e. The first-order valence-corrected chi connectivity index (χ1v) is 4.07. The Bertz CT molecular complexity index is 104. The summed E-state index contributed by atoms with van der Waals surface area (Å²) >= 11 is 0. The van der Waals surface area contributed by atoms with Gasteiger partial charge in [0.25, 0.3) is 0 Å². The van der Waals surface area contributed by atoms with Crippen LogP contribution < -0.4 is 0 Å². The molecule has 1 aliphatic heterocycles. The molecule has 2 nitrogen and oxygen atoms in total. The molecule has 0 aliphatic carbocycles. The van der Waals surface area contributed by atoms with E-state index in [1.54, 1.807) is 0 Å². The topological polar surface area (TPSA) is 29.5 Å². The smallest absolute Gasteiger partial charge is 0.0903 e. The molecule has 2 heteroatoms. The van der Waals surface area contributed by atoms with Gasteiger partial charge in [0.05, 0.1) is 11.7 Å². The summed E-state index contributed by atoms with van der Waals surface area (Å²) in [4.78, 5) is 0. The Balaban J connectivity index is 2.44. The Kier molecular flexibility index (Phi) is 2.32. The lowest BCUT2D eigenvalue weighted by atomic mass is 9.87. The monoisotopic (exact) mass is 144 g/mol. The molecule has 0 aromatic rings. The van der Waals surface area contributed by atoms with Crippen LogP contribution in [0.4, 0.5) is 0 Å². The van der Waals surface area contributed by atoms with Gasteiger partial charge in [-0.25, -0.2) is 0 Å². The average Bonchev–Trinajstić information content (AvgIpc) is 1.84. The summed E-state index contributed by atoms with van der Waals surface area (Å²) < 4.78 is 5.23. The summed E-state index contributed by atoms with van der Waals surface area (Å²) in [6.45, 7) is 4.84. The van der Waals surface area contributed by atoms with Crippen LogP contribution in [0.2, 0.25) is 0 Å². The molecular weight excluding hydrogens is 128 g/mol. The lowest BCUT2D eigenvalue weighted by molar-refractivity contribution is -0.174. The maximum atomic E-state index is 9.82. The molecule has 0 amide bonds. The summed E-state index contributed by atoms with van der Waals surface area (Å²) in [5.41, 5.74) is -0.543. The predicted octanol–water partition coefficient (Wildman–Crippen LogP) is 1.33. The van der Waals surface area contributed by atoms with Gasteiger partial charge in [-0.05, 0) is 19.3 Å². The van der Waals surface area contributed by atoms with Crippen LogP contribution in [0, 0.1) is 0 Å². The number of hydrogen-bond acceptors (Lipinski definition) is 2. The molecule has 0 radical (unpaired) electrons. The number of aliphatic hydroxyl groups is 1. The zero-order valence-electron chi connectivity index (χ0n) is 6.76. The SMILES string of the molecule is CCC(O)(CC)C1CCO1. The van der Waals surface area contributed by atoms with Crippen LogP contribution in [0.15, 0.2) is 0 Å². The van der Waals surface area contributed by atoms with Gasteiger partial charge >= 0.3 is 0 Å². The van der Waals surface area contributed by atoms with Gasteiger partial charge in [-0.2, -0.15) is 0 Å². The van der Waals surface area contributed by atoms with E-state index >= 15 is 0 Å². The fraction of sp³-hybridized carbons (Fsp3) is 1.00. The first-order chi connectivity index (χ1) is 4.73. The summed E-state index contributed by atoms with van der Waals surface area (Å²) in [5, 5.41) is 9.82. The summed E-state index contributed by atoms with van der Waals surface area (Å²) in [5.74, 6) is 0. The lowest BCUT2D eigenvalue weighted by Gasteiger charge is -2.40. The number of rotatable bonds is 3. The molecule has 0 spiro atoms. The van der Waals surface area contributed by atoms with E-state index in [1.807, 2.05) is 13.8 Å². The summed E-state index contributed by atoms with van der Waals surface area (Å²) in [6, 6.07) is 0. The van der Waals surface area contributed by atoms with E-state index < -0.39 is 5.60 Å². The van der Waals surface area contributed by atoms with Crippen molar-refractivity contribution in [1.29, 1.82) is 0 Å². The minimum absolute atomic E-state index is 0.113. The van der Waals surface area contributed by atoms with Crippen molar-refractivity contribution >= 4 is 0 Å². The Morgan fingerprint density at radius 3 is 2.10 bits per heavy atom. The molecule has 1 N–H and O–H groups in total. The van der Waals surface area contributed by atoms with Gasteiger partial charge in [0.2, 0.25) is 0 Å². The molecule has 60 valence electrons.